The van der Waals surface area contributed by atoms with Crippen molar-refractivity contribution in [2.24, 2.45) is 11.7 Å². The molecule has 1 heterocycles. The molecule has 0 saturated carbocycles. The molecule has 1 atom stereocenters. The van der Waals surface area contributed by atoms with E-state index in [0.29, 0.717) is 23.9 Å². The Bertz CT molecular complexity index is 587. The lowest BCUT2D eigenvalue weighted by Crippen LogP contribution is -2.39. The maximum Gasteiger partial charge on any atom is 0.240 e. The Morgan fingerprint density at radius 2 is 2.19 bits per heavy atom. The van der Waals surface area contributed by atoms with Crippen molar-refractivity contribution < 1.29 is 8.42 Å². The third-order valence-electron chi connectivity index (χ3n) is 4.13. The molecule has 2 rings (SSSR count). The quantitative estimate of drug-likeness (QED) is 0.853. The number of aryl methyl sites for hydroxylation is 1. The van der Waals surface area contributed by atoms with Crippen LogP contribution in [0.4, 0.5) is 0 Å². The van der Waals surface area contributed by atoms with Gasteiger partial charge in [-0.1, -0.05) is 6.07 Å². The molecule has 1 aromatic rings. The Morgan fingerprint density at radius 1 is 1.43 bits per heavy atom. The van der Waals surface area contributed by atoms with Crippen molar-refractivity contribution in [3.63, 3.8) is 0 Å². The number of piperidine rings is 1. The lowest BCUT2D eigenvalue weighted by molar-refractivity contribution is 0.211. The highest BCUT2D eigenvalue weighted by molar-refractivity contribution is 7.89. The van der Waals surface area contributed by atoms with E-state index in [1.807, 2.05) is 6.92 Å². The minimum absolute atomic E-state index is 0.321. The molecule has 0 spiro atoms. The molecule has 1 saturated heterocycles. The summed E-state index contributed by atoms with van der Waals surface area (Å²) in [5, 5.41) is 0. The molecular weight excluding hydrogens is 286 g/mol. The van der Waals surface area contributed by atoms with Gasteiger partial charge in [0.05, 0.1) is 4.90 Å². The predicted octanol–water partition coefficient (Wildman–Crippen LogP) is 1.07. The Kier molecular flexibility index (Phi) is 5.37. The van der Waals surface area contributed by atoms with Crippen LogP contribution in [0.1, 0.15) is 24.0 Å². The van der Waals surface area contributed by atoms with Crippen LogP contribution in [0.15, 0.2) is 23.1 Å². The zero-order valence-electron chi connectivity index (χ0n) is 12.8. The number of sulfonamides is 1. The van der Waals surface area contributed by atoms with Crippen molar-refractivity contribution >= 4 is 10.0 Å². The molecule has 1 unspecified atom stereocenters. The standard InChI is InChI=1S/C15H25N3O2S/c1-12-8-15(6-5-14(12)9-16)21(19,20)17-10-13-4-3-7-18(2)11-13/h5-6,8,13,17H,3-4,7,9-11,16H2,1-2H3. The van der Waals surface area contributed by atoms with E-state index in [4.69, 9.17) is 5.73 Å². The smallest absolute Gasteiger partial charge is 0.240 e. The minimum Gasteiger partial charge on any atom is -0.326 e. The van der Waals surface area contributed by atoms with Gasteiger partial charge in [0, 0.05) is 19.6 Å². The first-order chi connectivity index (χ1) is 9.92. The number of nitrogens with zero attached hydrogens (tertiary/aromatic N) is 1. The molecule has 1 aliphatic rings. The molecule has 0 aromatic heterocycles. The summed E-state index contributed by atoms with van der Waals surface area (Å²) in [6.45, 7) is 4.87. The molecule has 5 nitrogen and oxygen atoms in total. The molecule has 0 amide bonds. The second-order valence-electron chi connectivity index (χ2n) is 5.91. The molecule has 1 fully saturated rings. The van der Waals surface area contributed by atoms with Gasteiger partial charge < -0.3 is 10.6 Å². The van der Waals surface area contributed by atoms with E-state index >= 15 is 0 Å². The third kappa shape index (κ3) is 4.26. The molecule has 0 aliphatic carbocycles. The van der Waals surface area contributed by atoms with Gasteiger partial charge in [-0.15, -0.1) is 0 Å². The molecule has 1 aliphatic heterocycles. The van der Waals surface area contributed by atoms with Crippen molar-refractivity contribution in [2.75, 3.05) is 26.7 Å². The fourth-order valence-electron chi connectivity index (χ4n) is 2.82. The van der Waals surface area contributed by atoms with E-state index in [9.17, 15) is 8.42 Å². The zero-order chi connectivity index (χ0) is 15.5. The summed E-state index contributed by atoms with van der Waals surface area (Å²) in [5.74, 6) is 0.392. The SMILES string of the molecule is Cc1cc(S(=O)(=O)NCC2CCCN(C)C2)ccc1CN. The summed E-state index contributed by atoms with van der Waals surface area (Å²) in [6, 6.07) is 5.11. The normalized spacial score (nSPS) is 20.6. The van der Waals surface area contributed by atoms with E-state index in [1.165, 1.54) is 0 Å². The molecule has 1 aromatic carbocycles. The maximum atomic E-state index is 12.4. The summed E-state index contributed by atoms with van der Waals surface area (Å²) in [6.07, 6.45) is 2.21. The van der Waals surface area contributed by atoms with Gasteiger partial charge in [0.15, 0.2) is 0 Å². The Morgan fingerprint density at radius 3 is 2.81 bits per heavy atom. The second-order valence-corrected chi connectivity index (χ2v) is 7.68. The van der Waals surface area contributed by atoms with Crippen LogP contribution < -0.4 is 10.5 Å². The summed E-state index contributed by atoms with van der Waals surface area (Å²) >= 11 is 0. The number of benzene rings is 1. The van der Waals surface area contributed by atoms with E-state index in [-0.39, 0.29) is 0 Å². The zero-order valence-corrected chi connectivity index (χ0v) is 13.6. The number of rotatable bonds is 5. The number of hydrogen-bond acceptors (Lipinski definition) is 4. The molecule has 3 N–H and O–H groups in total. The van der Waals surface area contributed by atoms with Crippen molar-refractivity contribution in [2.45, 2.75) is 31.2 Å². The van der Waals surface area contributed by atoms with Gasteiger partial charge in [-0.3, -0.25) is 0 Å². The number of nitrogens with two attached hydrogens (primary N) is 1. The number of likely N-dealkylation sites (tertiary alicyclic amines) is 1. The molecule has 21 heavy (non-hydrogen) atoms. The lowest BCUT2D eigenvalue weighted by atomic mass is 9.99. The molecule has 0 radical (unpaired) electrons. The molecule has 118 valence electrons. The van der Waals surface area contributed by atoms with Crippen LogP contribution in [0.5, 0.6) is 0 Å². The van der Waals surface area contributed by atoms with E-state index in [2.05, 4.69) is 16.7 Å². The van der Waals surface area contributed by atoms with E-state index < -0.39 is 10.0 Å². The van der Waals surface area contributed by atoms with Crippen LogP contribution in [0, 0.1) is 12.8 Å². The molecule has 0 bridgehead atoms. The summed E-state index contributed by atoms with van der Waals surface area (Å²) in [4.78, 5) is 2.57. The number of hydrogen-bond donors (Lipinski definition) is 2. The van der Waals surface area contributed by atoms with Gasteiger partial charge in [-0.05, 0) is 62.5 Å². The number of nitrogens with one attached hydrogen (secondary N) is 1. The van der Waals surface area contributed by atoms with Crippen molar-refractivity contribution in [1.82, 2.24) is 9.62 Å². The van der Waals surface area contributed by atoms with Crippen LogP contribution in [0.2, 0.25) is 0 Å². The average molecular weight is 311 g/mol. The summed E-state index contributed by atoms with van der Waals surface area (Å²) in [7, 11) is -1.36. The van der Waals surface area contributed by atoms with Crippen LogP contribution in [0.3, 0.4) is 0 Å². The van der Waals surface area contributed by atoms with Crippen LogP contribution in [0.25, 0.3) is 0 Å². The van der Waals surface area contributed by atoms with Crippen molar-refractivity contribution in [1.29, 1.82) is 0 Å². The highest BCUT2D eigenvalue weighted by Gasteiger charge is 2.21. The Labute approximate surface area is 127 Å². The monoisotopic (exact) mass is 311 g/mol. The van der Waals surface area contributed by atoms with Crippen molar-refractivity contribution in [3.05, 3.63) is 29.3 Å². The fraction of sp³-hybridized carbons (Fsp3) is 0.600. The maximum absolute atomic E-state index is 12.4. The first-order valence-electron chi connectivity index (χ1n) is 7.40. The fourth-order valence-corrected chi connectivity index (χ4v) is 4.02. The lowest BCUT2D eigenvalue weighted by Gasteiger charge is -2.29. The second kappa shape index (κ2) is 6.87. The van der Waals surface area contributed by atoms with Crippen LogP contribution >= 0.6 is 0 Å². The van der Waals surface area contributed by atoms with Gasteiger partial charge in [-0.25, -0.2) is 13.1 Å². The average Bonchev–Trinajstić information content (AvgIpc) is 2.45. The Balaban J connectivity index is 2.02. The Hall–Kier alpha value is -0.950. The van der Waals surface area contributed by atoms with Gasteiger partial charge in [0.1, 0.15) is 0 Å². The third-order valence-corrected chi connectivity index (χ3v) is 5.55. The summed E-state index contributed by atoms with van der Waals surface area (Å²) in [5.41, 5.74) is 7.50. The van der Waals surface area contributed by atoms with Gasteiger partial charge >= 0.3 is 0 Å². The first-order valence-corrected chi connectivity index (χ1v) is 8.88. The predicted molar refractivity (Wildman–Crippen MR) is 84.5 cm³/mol. The van der Waals surface area contributed by atoms with Gasteiger partial charge in [-0.2, -0.15) is 0 Å². The highest BCUT2D eigenvalue weighted by Crippen LogP contribution is 2.17. The molecular formula is C15H25N3O2S. The van der Waals surface area contributed by atoms with E-state index in [1.54, 1.807) is 18.2 Å². The first kappa shape index (κ1) is 16.4. The van der Waals surface area contributed by atoms with E-state index in [0.717, 1.165) is 37.1 Å². The topological polar surface area (TPSA) is 75.4 Å². The van der Waals surface area contributed by atoms with Crippen LogP contribution in [-0.2, 0) is 16.6 Å². The van der Waals surface area contributed by atoms with Crippen molar-refractivity contribution in [3.8, 4) is 0 Å². The minimum atomic E-state index is -3.43. The van der Waals surface area contributed by atoms with Gasteiger partial charge in [0.2, 0.25) is 10.0 Å². The highest BCUT2D eigenvalue weighted by atomic mass is 32.2. The largest absolute Gasteiger partial charge is 0.326 e. The molecule has 6 heteroatoms. The van der Waals surface area contributed by atoms with Crippen LogP contribution in [-0.4, -0.2) is 40.0 Å². The summed E-state index contributed by atoms with van der Waals surface area (Å²) < 4.78 is 27.4. The van der Waals surface area contributed by atoms with Gasteiger partial charge in [0.25, 0.3) is 0 Å².